The lowest BCUT2D eigenvalue weighted by molar-refractivity contribution is 0.175. The van der Waals surface area contributed by atoms with Crippen molar-refractivity contribution in [3.8, 4) is 11.4 Å². The van der Waals surface area contributed by atoms with Crippen LogP contribution >= 0.6 is 0 Å². The van der Waals surface area contributed by atoms with Crippen LogP contribution in [0.4, 0.5) is 14.9 Å². The molecule has 0 radical (unpaired) electrons. The number of hydrogen-bond acceptors (Lipinski definition) is 3. The number of imidazole rings is 1. The molecule has 0 spiro atoms. The normalized spacial score (nSPS) is 11.8. The molecule has 6 nitrogen and oxygen atoms in total. The Morgan fingerprint density at radius 1 is 1.24 bits per heavy atom. The third-order valence-electron chi connectivity index (χ3n) is 4.56. The number of unbranched alkanes of at least 4 members (excludes halogenated alkanes) is 1. The number of aryl methyl sites for hydroxylation is 1. The summed E-state index contributed by atoms with van der Waals surface area (Å²) in [5.41, 5.74) is 2.07. The molecule has 0 saturated heterocycles. The first kappa shape index (κ1) is 20.5. The van der Waals surface area contributed by atoms with Crippen molar-refractivity contribution in [1.82, 2.24) is 14.9 Å². The molecule has 3 rings (SSSR count). The van der Waals surface area contributed by atoms with Gasteiger partial charge in [0, 0.05) is 36.7 Å². The standard InChI is InChI=1S/C22H25FN4O2/c1-2-3-12-27-13-11-24-21(27)17-5-4-6-19(14-17)26-22(29)25-15-20(28)16-7-9-18(23)10-8-16/h4-11,13-14,20,28H,2-3,12,15H2,1H3,(H2,25,26,29). The Kier molecular flexibility index (Phi) is 6.97. The first-order chi connectivity index (χ1) is 14.1. The minimum atomic E-state index is -0.918. The predicted octanol–water partition coefficient (Wildman–Crippen LogP) is 4.34. The zero-order valence-corrected chi connectivity index (χ0v) is 16.3. The molecule has 0 aliphatic carbocycles. The second kappa shape index (κ2) is 9.84. The number of anilines is 1. The molecule has 0 aliphatic rings. The van der Waals surface area contributed by atoms with Crippen molar-refractivity contribution in [1.29, 1.82) is 0 Å². The number of carbonyl (C=O) groups is 1. The van der Waals surface area contributed by atoms with E-state index in [1.807, 2.05) is 24.4 Å². The number of amides is 2. The van der Waals surface area contributed by atoms with Crippen LogP contribution in [0.5, 0.6) is 0 Å². The number of carbonyl (C=O) groups excluding carboxylic acids is 1. The van der Waals surface area contributed by atoms with E-state index in [1.54, 1.807) is 12.3 Å². The monoisotopic (exact) mass is 396 g/mol. The molecule has 1 atom stereocenters. The number of nitrogens with one attached hydrogen (secondary N) is 2. The minimum absolute atomic E-state index is 0.0125. The van der Waals surface area contributed by atoms with Crippen molar-refractivity contribution in [3.05, 3.63) is 72.3 Å². The van der Waals surface area contributed by atoms with Crippen LogP contribution in [0.15, 0.2) is 60.9 Å². The molecule has 152 valence electrons. The zero-order valence-electron chi connectivity index (χ0n) is 16.3. The molecule has 1 heterocycles. The van der Waals surface area contributed by atoms with Gasteiger partial charge in [-0.3, -0.25) is 0 Å². The SMILES string of the molecule is CCCCn1ccnc1-c1cccc(NC(=O)NCC(O)c2ccc(F)cc2)c1. The summed E-state index contributed by atoms with van der Waals surface area (Å²) in [5.74, 6) is 0.483. The number of benzene rings is 2. The number of halogens is 1. The van der Waals surface area contributed by atoms with E-state index in [0.29, 0.717) is 11.3 Å². The van der Waals surface area contributed by atoms with Crippen molar-refractivity contribution < 1.29 is 14.3 Å². The zero-order chi connectivity index (χ0) is 20.6. The molecule has 0 aliphatic heterocycles. The van der Waals surface area contributed by atoms with Gasteiger partial charge in [0.05, 0.1) is 6.10 Å². The number of aliphatic hydroxyl groups excluding tert-OH is 1. The van der Waals surface area contributed by atoms with Gasteiger partial charge in [-0.1, -0.05) is 37.6 Å². The summed E-state index contributed by atoms with van der Waals surface area (Å²) >= 11 is 0. The Labute approximate surface area is 169 Å². The molecule has 29 heavy (non-hydrogen) atoms. The fraction of sp³-hybridized carbons (Fsp3) is 0.273. The van der Waals surface area contributed by atoms with Crippen LogP contribution in [0.3, 0.4) is 0 Å². The first-order valence-corrected chi connectivity index (χ1v) is 9.66. The molecule has 3 N–H and O–H groups in total. The van der Waals surface area contributed by atoms with Crippen molar-refractivity contribution in [2.24, 2.45) is 0 Å². The molecule has 0 saturated carbocycles. The summed E-state index contributed by atoms with van der Waals surface area (Å²) in [4.78, 5) is 16.6. The van der Waals surface area contributed by atoms with Gasteiger partial charge in [-0.05, 0) is 36.2 Å². The van der Waals surface area contributed by atoms with E-state index in [0.717, 1.165) is 30.8 Å². The summed E-state index contributed by atoms with van der Waals surface area (Å²) in [6, 6.07) is 12.6. The molecule has 2 aromatic carbocycles. The molecule has 0 bridgehead atoms. The fourth-order valence-electron chi connectivity index (χ4n) is 2.98. The van der Waals surface area contributed by atoms with Gasteiger partial charge >= 0.3 is 6.03 Å². The molecule has 0 fully saturated rings. The second-order valence-electron chi connectivity index (χ2n) is 6.78. The van der Waals surface area contributed by atoms with Crippen LogP contribution in [-0.4, -0.2) is 27.2 Å². The smallest absolute Gasteiger partial charge is 0.319 e. The largest absolute Gasteiger partial charge is 0.387 e. The summed E-state index contributed by atoms with van der Waals surface area (Å²) in [7, 11) is 0. The highest BCUT2D eigenvalue weighted by atomic mass is 19.1. The minimum Gasteiger partial charge on any atom is -0.387 e. The van der Waals surface area contributed by atoms with Gasteiger partial charge in [-0.25, -0.2) is 14.2 Å². The highest BCUT2D eigenvalue weighted by molar-refractivity contribution is 5.90. The van der Waals surface area contributed by atoms with Crippen LogP contribution in [0.2, 0.25) is 0 Å². The van der Waals surface area contributed by atoms with Gasteiger partial charge in [0.2, 0.25) is 0 Å². The van der Waals surface area contributed by atoms with Crippen LogP contribution in [-0.2, 0) is 6.54 Å². The van der Waals surface area contributed by atoms with Gasteiger partial charge in [0.1, 0.15) is 11.6 Å². The number of rotatable bonds is 8. The third kappa shape index (κ3) is 5.65. The van der Waals surface area contributed by atoms with E-state index in [9.17, 15) is 14.3 Å². The van der Waals surface area contributed by atoms with Crippen LogP contribution in [0, 0.1) is 5.82 Å². The summed E-state index contributed by atoms with van der Waals surface area (Å²) in [5, 5.41) is 15.5. The van der Waals surface area contributed by atoms with Gasteiger partial charge in [0.15, 0.2) is 0 Å². The lowest BCUT2D eigenvalue weighted by atomic mass is 10.1. The van der Waals surface area contributed by atoms with E-state index in [1.165, 1.54) is 24.3 Å². The maximum atomic E-state index is 13.0. The molecule has 1 aromatic heterocycles. The van der Waals surface area contributed by atoms with Gasteiger partial charge in [0.25, 0.3) is 0 Å². The molecular formula is C22H25FN4O2. The summed E-state index contributed by atoms with van der Waals surface area (Å²) < 4.78 is 15.1. The Morgan fingerprint density at radius 2 is 2.03 bits per heavy atom. The number of nitrogens with zero attached hydrogens (tertiary/aromatic N) is 2. The maximum Gasteiger partial charge on any atom is 0.319 e. The van der Waals surface area contributed by atoms with Crippen molar-refractivity contribution in [2.45, 2.75) is 32.4 Å². The number of hydrogen-bond donors (Lipinski definition) is 3. The van der Waals surface area contributed by atoms with E-state index >= 15 is 0 Å². The van der Waals surface area contributed by atoms with Crippen molar-refractivity contribution in [3.63, 3.8) is 0 Å². The molecule has 1 unspecified atom stereocenters. The molecule has 2 amide bonds. The van der Waals surface area contributed by atoms with Crippen molar-refractivity contribution in [2.75, 3.05) is 11.9 Å². The predicted molar refractivity (Wildman–Crippen MR) is 111 cm³/mol. The lowest BCUT2D eigenvalue weighted by Crippen LogP contribution is -2.32. The second-order valence-corrected chi connectivity index (χ2v) is 6.78. The van der Waals surface area contributed by atoms with Gasteiger partial charge in [-0.15, -0.1) is 0 Å². The Hall–Kier alpha value is -3.19. The number of urea groups is 1. The first-order valence-electron chi connectivity index (χ1n) is 9.66. The topological polar surface area (TPSA) is 79.2 Å². The van der Waals surface area contributed by atoms with Gasteiger partial charge < -0.3 is 20.3 Å². The van der Waals surface area contributed by atoms with Crippen molar-refractivity contribution >= 4 is 11.7 Å². The third-order valence-corrected chi connectivity index (χ3v) is 4.56. The quantitative estimate of drug-likeness (QED) is 0.530. The van der Waals surface area contributed by atoms with Crippen LogP contribution < -0.4 is 10.6 Å². The van der Waals surface area contributed by atoms with Crippen LogP contribution in [0.25, 0.3) is 11.4 Å². The highest BCUT2D eigenvalue weighted by Crippen LogP contribution is 2.22. The Balaban J connectivity index is 1.59. The highest BCUT2D eigenvalue weighted by Gasteiger charge is 2.11. The van der Waals surface area contributed by atoms with E-state index in [4.69, 9.17) is 0 Å². The Morgan fingerprint density at radius 3 is 2.79 bits per heavy atom. The molecular weight excluding hydrogens is 371 g/mol. The van der Waals surface area contributed by atoms with Crippen LogP contribution in [0.1, 0.15) is 31.4 Å². The molecule has 3 aromatic rings. The Bertz CT molecular complexity index is 940. The summed E-state index contributed by atoms with van der Waals surface area (Å²) in [6.07, 6.45) is 4.98. The fourth-order valence-corrected chi connectivity index (χ4v) is 2.98. The average Bonchev–Trinajstić information content (AvgIpc) is 3.20. The summed E-state index contributed by atoms with van der Waals surface area (Å²) in [6.45, 7) is 3.05. The average molecular weight is 396 g/mol. The number of aromatic nitrogens is 2. The van der Waals surface area contributed by atoms with Gasteiger partial charge in [-0.2, -0.15) is 0 Å². The number of aliphatic hydroxyl groups is 1. The lowest BCUT2D eigenvalue weighted by Gasteiger charge is -2.13. The van der Waals surface area contributed by atoms with E-state index in [-0.39, 0.29) is 12.4 Å². The van der Waals surface area contributed by atoms with E-state index < -0.39 is 12.1 Å². The molecule has 7 heteroatoms. The maximum absolute atomic E-state index is 13.0. The van der Waals surface area contributed by atoms with E-state index in [2.05, 4.69) is 27.1 Å².